The first kappa shape index (κ1) is 31.7. The molecule has 0 radical (unpaired) electrons. The highest BCUT2D eigenvalue weighted by molar-refractivity contribution is 6.08. The first-order valence-corrected chi connectivity index (χ1v) is 18.4. The van der Waals surface area contributed by atoms with E-state index in [4.69, 9.17) is 24.9 Å². The van der Waals surface area contributed by atoms with Crippen LogP contribution >= 0.6 is 0 Å². The largest absolute Gasteiger partial charge is 0.308 e. The van der Waals surface area contributed by atoms with Crippen molar-refractivity contribution in [3.8, 4) is 56.4 Å². The van der Waals surface area contributed by atoms with Gasteiger partial charge in [-0.1, -0.05) is 54.6 Å². The maximum absolute atomic E-state index is 5.29. The van der Waals surface area contributed by atoms with Crippen molar-refractivity contribution in [1.29, 1.82) is 0 Å². The number of fused-ring (bicyclic) bond motifs is 6. The van der Waals surface area contributed by atoms with Crippen molar-refractivity contribution in [2.75, 3.05) is 0 Å². The second-order valence-electron chi connectivity index (χ2n) is 13.7. The predicted molar refractivity (Wildman–Crippen MR) is 224 cm³/mol. The average molecular weight is 719 g/mol. The first-order chi connectivity index (χ1) is 27.8. The lowest BCUT2D eigenvalue weighted by molar-refractivity contribution is 1.08. The standard InChI is InChI=1S/C48H30N8/c1-3-17-42-35(14-1)47-44(19-9-23-51-47)55(42)34-13-7-11-31(25-34)33-26-40(32-12-8-21-49-29-32)54-41(27-33)38-30-53-46(28-37(38)39-16-5-6-22-50-39)56-43-18-4-2-15-36(43)48-45(56)20-10-24-52-48/h1-30H. The monoisotopic (exact) mass is 718 g/mol. The van der Waals surface area contributed by atoms with Gasteiger partial charge in [0.15, 0.2) is 0 Å². The van der Waals surface area contributed by atoms with Gasteiger partial charge in [-0.25, -0.2) is 9.97 Å². The lowest BCUT2D eigenvalue weighted by atomic mass is 9.97. The topological polar surface area (TPSA) is 87.2 Å². The Kier molecular flexibility index (Phi) is 7.31. The summed E-state index contributed by atoms with van der Waals surface area (Å²) in [5, 5.41) is 2.19. The zero-order chi connectivity index (χ0) is 37.0. The Bertz CT molecular complexity index is 3150. The third kappa shape index (κ3) is 5.15. The van der Waals surface area contributed by atoms with Gasteiger partial charge in [0, 0.05) is 70.3 Å². The van der Waals surface area contributed by atoms with E-state index in [-0.39, 0.29) is 0 Å². The fraction of sp³-hybridized carbons (Fsp3) is 0. The van der Waals surface area contributed by atoms with Gasteiger partial charge in [0.2, 0.25) is 0 Å². The van der Waals surface area contributed by atoms with E-state index in [1.165, 1.54) is 0 Å². The molecule has 0 fully saturated rings. The summed E-state index contributed by atoms with van der Waals surface area (Å²) in [6.45, 7) is 0. The summed E-state index contributed by atoms with van der Waals surface area (Å²) < 4.78 is 4.46. The van der Waals surface area contributed by atoms with Gasteiger partial charge in [-0.05, 0) is 102 Å². The highest BCUT2D eigenvalue weighted by atomic mass is 15.1. The smallest absolute Gasteiger partial charge is 0.138 e. The molecule has 0 aliphatic carbocycles. The number of hydrogen-bond acceptors (Lipinski definition) is 6. The molecule has 0 amide bonds. The van der Waals surface area contributed by atoms with Crippen molar-refractivity contribution in [3.05, 3.63) is 183 Å². The Balaban J connectivity index is 1.13. The Hall–Kier alpha value is -7.84. The molecule has 0 unspecified atom stereocenters. The van der Waals surface area contributed by atoms with Crippen LogP contribution in [0.5, 0.6) is 0 Å². The molecule has 11 aromatic rings. The fourth-order valence-electron chi connectivity index (χ4n) is 7.92. The van der Waals surface area contributed by atoms with Crippen molar-refractivity contribution >= 4 is 43.9 Å². The maximum Gasteiger partial charge on any atom is 0.138 e. The number of aromatic nitrogens is 8. The zero-order valence-electron chi connectivity index (χ0n) is 29.9. The predicted octanol–water partition coefficient (Wildman–Crippen LogP) is 10.9. The molecule has 0 bridgehead atoms. The van der Waals surface area contributed by atoms with Crippen LogP contribution in [0.25, 0.3) is 100 Å². The molecule has 262 valence electrons. The van der Waals surface area contributed by atoms with Crippen LogP contribution in [0.1, 0.15) is 0 Å². The molecule has 0 saturated carbocycles. The summed E-state index contributed by atoms with van der Waals surface area (Å²) >= 11 is 0. The minimum absolute atomic E-state index is 0.769. The highest BCUT2D eigenvalue weighted by Gasteiger charge is 2.20. The molecule has 0 saturated heterocycles. The molecule has 56 heavy (non-hydrogen) atoms. The van der Waals surface area contributed by atoms with E-state index in [1.807, 2.05) is 85.6 Å². The van der Waals surface area contributed by atoms with Gasteiger partial charge in [-0.2, -0.15) is 0 Å². The summed E-state index contributed by atoms with van der Waals surface area (Å²) in [5.41, 5.74) is 14.3. The van der Waals surface area contributed by atoms with Crippen molar-refractivity contribution < 1.29 is 0 Å². The molecule has 0 aliphatic rings. The molecular formula is C48H30N8. The van der Waals surface area contributed by atoms with E-state index in [0.29, 0.717) is 0 Å². The van der Waals surface area contributed by atoms with Crippen LogP contribution in [0.4, 0.5) is 0 Å². The third-order valence-corrected chi connectivity index (χ3v) is 10.4. The normalized spacial score (nSPS) is 11.6. The third-order valence-electron chi connectivity index (χ3n) is 10.4. The lowest BCUT2D eigenvalue weighted by Crippen LogP contribution is -2.01. The number of nitrogens with zero attached hydrogens (tertiary/aromatic N) is 8. The fourth-order valence-corrected chi connectivity index (χ4v) is 7.92. The molecule has 0 spiro atoms. The van der Waals surface area contributed by atoms with Crippen LogP contribution in [-0.4, -0.2) is 39.0 Å². The number of benzene rings is 3. The Morgan fingerprint density at radius 1 is 0.375 bits per heavy atom. The number of para-hydroxylation sites is 2. The van der Waals surface area contributed by atoms with Gasteiger partial charge in [0.25, 0.3) is 0 Å². The van der Waals surface area contributed by atoms with E-state index < -0.39 is 0 Å². The summed E-state index contributed by atoms with van der Waals surface area (Å²) in [6, 6.07) is 50.0. The highest BCUT2D eigenvalue weighted by Crippen LogP contribution is 2.38. The van der Waals surface area contributed by atoms with Crippen molar-refractivity contribution in [1.82, 2.24) is 39.0 Å². The SMILES string of the molecule is c1ccc(-c2cc(-n3c4ccccc4c4ncccc43)ncc2-c2cc(-c3cccc(-n4c5ccccc5c5ncccc54)c3)cc(-c3cccnc3)n2)nc1. The average Bonchev–Trinajstić information content (AvgIpc) is 3.80. The van der Waals surface area contributed by atoms with Gasteiger partial charge in [0.1, 0.15) is 5.82 Å². The Morgan fingerprint density at radius 2 is 1.04 bits per heavy atom. The molecule has 8 nitrogen and oxygen atoms in total. The lowest BCUT2D eigenvalue weighted by Gasteiger charge is -2.16. The molecule has 0 atom stereocenters. The van der Waals surface area contributed by atoms with Crippen LogP contribution in [0.3, 0.4) is 0 Å². The quantitative estimate of drug-likeness (QED) is 0.170. The summed E-state index contributed by atoms with van der Waals surface area (Å²) in [4.78, 5) is 29.2. The van der Waals surface area contributed by atoms with Crippen LogP contribution < -0.4 is 0 Å². The second kappa shape index (κ2) is 12.9. The van der Waals surface area contributed by atoms with Gasteiger partial charge in [-0.15, -0.1) is 0 Å². The minimum Gasteiger partial charge on any atom is -0.308 e. The van der Waals surface area contributed by atoms with Gasteiger partial charge in [0.05, 0.1) is 50.2 Å². The van der Waals surface area contributed by atoms with Gasteiger partial charge in [-0.3, -0.25) is 24.5 Å². The van der Waals surface area contributed by atoms with Crippen molar-refractivity contribution in [2.24, 2.45) is 0 Å². The molecule has 0 N–H and O–H groups in total. The Morgan fingerprint density at radius 3 is 1.79 bits per heavy atom. The van der Waals surface area contributed by atoms with Gasteiger partial charge >= 0.3 is 0 Å². The number of pyridine rings is 6. The maximum atomic E-state index is 5.29. The number of hydrogen-bond donors (Lipinski definition) is 0. The van der Waals surface area contributed by atoms with Crippen molar-refractivity contribution in [3.63, 3.8) is 0 Å². The minimum atomic E-state index is 0.769. The van der Waals surface area contributed by atoms with Crippen molar-refractivity contribution in [2.45, 2.75) is 0 Å². The summed E-state index contributed by atoms with van der Waals surface area (Å²) in [6.07, 6.45) is 11.1. The van der Waals surface area contributed by atoms with E-state index in [9.17, 15) is 0 Å². The summed E-state index contributed by atoms with van der Waals surface area (Å²) in [7, 11) is 0. The zero-order valence-corrected chi connectivity index (χ0v) is 29.9. The van der Waals surface area contributed by atoms with E-state index in [2.05, 4.69) is 105 Å². The van der Waals surface area contributed by atoms with E-state index >= 15 is 0 Å². The molecule has 0 aliphatic heterocycles. The van der Waals surface area contributed by atoms with Crippen LogP contribution in [0.15, 0.2) is 183 Å². The second-order valence-corrected chi connectivity index (χ2v) is 13.7. The molecule has 11 rings (SSSR count). The molecule has 8 heteroatoms. The van der Waals surface area contributed by atoms with Gasteiger partial charge < -0.3 is 4.57 Å². The van der Waals surface area contributed by atoms with E-state index in [1.54, 1.807) is 6.20 Å². The van der Waals surface area contributed by atoms with E-state index in [0.717, 1.165) is 100 Å². The number of rotatable bonds is 6. The first-order valence-electron chi connectivity index (χ1n) is 18.4. The summed E-state index contributed by atoms with van der Waals surface area (Å²) in [5.74, 6) is 0.769. The van der Waals surface area contributed by atoms with Crippen LogP contribution in [-0.2, 0) is 0 Å². The Labute approximate surface area is 321 Å². The molecule has 8 aromatic heterocycles. The van der Waals surface area contributed by atoms with Crippen LogP contribution in [0, 0.1) is 0 Å². The molecular weight excluding hydrogens is 689 g/mol. The van der Waals surface area contributed by atoms with Crippen LogP contribution in [0.2, 0.25) is 0 Å². The molecule has 3 aromatic carbocycles. The molecule has 8 heterocycles.